The SMILES string of the molecule is CC(=O)O[C@H]1CC[C@]2(C)C3=C(CC[C@H]2C1(C)C)COC3=O. The van der Waals surface area contributed by atoms with Gasteiger partial charge in [0.15, 0.2) is 0 Å². The minimum Gasteiger partial charge on any atom is -0.462 e. The number of ether oxygens (including phenoxy) is 2. The van der Waals surface area contributed by atoms with Crippen molar-refractivity contribution in [1.82, 2.24) is 0 Å². The molecule has 0 radical (unpaired) electrons. The van der Waals surface area contributed by atoms with Gasteiger partial charge in [-0.05, 0) is 37.2 Å². The van der Waals surface area contributed by atoms with Crippen molar-refractivity contribution < 1.29 is 19.1 Å². The van der Waals surface area contributed by atoms with Gasteiger partial charge in [0.25, 0.3) is 0 Å². The van der Waals surface area contributed by atoms with Gasteiger partial charge < -0.3 is 9.47 Å². The average molecular weight is 292 g/mol. The molecule has 116 valence electrons. The van der Waals surface area contributed by atoms with Crippen molar-refractivity contribution in [3.8, 4) is 0 Å². The van der Waals surface area contributed by atoms with Crippen LogP contribution in [0.2, 0.25) is 0 Å². The number of carbonyl (C=O) groups is 2. The normalized spacial score (nSPS) is 37.6. The van der Waals surface area contributed by atoms with Gasteiger partial charge >= 0.3 is 11.9 Å². The van der Waals surface area contributed by atoms with Crippen molar-refractivity contribution in [2.24, 2.45) is 16.7 Å². The zero-order valence-electron chi connectivity index (χ0n) is 13.3. The molecule has 4 heteroatoms. The average Bonchev–Trinajstić information content (AvgIpc) is 2.76. The van der Waals surface area contributed by atoms with Crippen LogP contribution in [-0.4, -0.2) is 24.6 Å². The fraction of sp³-hybridized carbons (Fsp3) is 0.765. The van der Waals surface area contributed by atoms with Crippen molar-refractivity contribution in [2.45, 2.75) is 59.5 Å². The number of esters is 2. The van der Waals surface area contributed by atoms with E-state index in [9.17, 15) is 9.59 Å². The summed E-state index contributed by atoms with van der Waals surface area (Å²) in [5.41, 5.74) is 1.86. The second kappa shape index (κ2) is 4.59. The Labute approximate surface area is 125 Å². The first-order chi connectivity index (χ1) is 9.76. The summed E-state index contributed by atoms with van der Waals surface area (Å²) in [5.74, 6) is -0.000829. The summed E-state index contributed by atoms with van der Waals surface area (Å²) >= 11 is 0. The predicted molar refractivity (Wildman–Crippen MR) is 77.4 cm³/mol. The van der Waals surface area contributed by atoms with Crippen LogP contribution in [0.3, 0.4) is 0 Å². The third-order valence-corrected chi connectivity index (χ3v) is 5.97. The lowest BCUT2D eigenvalue weighted by molar-refractivity contribution is -0.167. The van der Waals surface area contributed by atoms with Crippen molar-refractivity contribution in [3.05, 3.63) is 11.1 Å². The van der Waals surface area contributed by atoms with Gasteiger partial charge in [-0.2, -0.15) is 0 Å². The van der Waals surface area contributed by atoms with E-state index in [-0.39, 0.29) is 28.9 Å². The summed E-state index contributed by atoms with van der Waals surface area (Å²) in [5, 5.41) is 0. The quantitative estimate of drug-likeness (QED) is 0.697. The molecular formula is C17H24O4. The van der Waals surface area contributed by atoms with E-state index in [2.05, 4.69) is 20.8 Å². The second-order valence-electron chi connectivity index (χ2n) is 7.52. The van der Waals surface area contributed by atoms with Crippen LogP contribution in [0.5, 0.6) is 0 Å². The van der Waals surface area contributed by atoms with E-state index < -0.39 is 0 Å². The molecule has 2 aliphatic carbocycles. The molecule has 1 fully saturated rings. The molecule has 21 heavy (non-hydrogen) atoms. The van der Waals surface area contributed by atoms with E-state index in [1.807, 2.05) is 0 Å². The Morgan fingerprint density at radius 3 is 2.67 bits per heavy atom. The lowest BCUT2D eigenvalue weighted by Gasteiger charge is -2.55. The third kappa shape index (κ3) is 2.02. The van der Waals surface area contributed by atoms with Gasteiger partial charge in [-0.3, -0.25) is 4.79 Å². The molecule has 0 spiro atoms. The molecule has 0 aromatic carbocycles. The van der Waals surface area contributed by atoms with Crippen molar-refractivity contribution in [1.29, 1.82) is 0 Å². The van der Waals surface area contributed by atoms with E-state index in [1.54, 1.807) is 0 Å². The molecule has 0 amide bonds. The Hall–Kier alpha value is -1.32. The summed E-state index contributed by atoms with van der Waals surface area (Å²) in [7, 11) is 0. The topological polar surface area (TPSA) is 52.6 Å². The number of fused-ring (bicyclic) bond motifs is 2. The summed E-state index contributed by atoms with van der Waals surface area (Å²) in [6.45, 7) is 8.50. The van der Waals surface area contributed by atoms with Gasteiger partial charge in [0, 0.05) is 23.3 Å². The molecule has 3 aliphatic rings. The minimum atomic E-state index is -0.215. The van der Waals surface area contributed by atoms with Crippen LogP contribution in [0.1, 0.15) is 53.4 Å². The first kappa shape index (κ1) is 14.6. The van der Waals surface area contributed by atoms with Crippen LogP contribution in [0.4, 0.5) is 0 Å². The molecule has 3 atom stereocenters. The zero-order chi connectivity index (χ0) is 15.4. The summed E-state index contributed by atoms with van der Waals surface area (Å²) in [6.07, 6.45) is 3.60. The molecule has 3 rings (SSSR count). The molecular weight excluding hydrogens is 268 g/mol. The Morgan fingerprint density at radius 1 is 1.29 bits per heavy atom. The van der Waals surface area contributed by atoms with Crippen LogP contribution in [0.25, 0.3) is 0 Å². The van der Waals surface area contributed by atoms with Crippen molar-refractivity contribution in [3.63, 3.8) is 0 Å². The molecule has 0 aromatic heterocycles. The highest BCUT2D eigenvalue weighted by molar-refractivity contribution is 5.93. The maximum atomic E-state index is 12.2. The number of cyclic esters (lactones) is 1. The summed E-state index contributed by atoms with van der Waals surface area (Å²) in [4.78, 5) is 23.5. The Bertz CT molecular complexity index is 531. The molecule has 1 saturated carbocycles. The Balaban J connectivity index is 1.97. The van der Waals surface area contributed by atoms with Gasteiger partial charge in [0.1, 0.15) is 12.7 Å². The van der Waals surface area contributed by atoms with Gasteiger partial charge in [-0.1, -0.05) is 20.8 Å². The number of hydrogen-bond donors (Lipinski definition) is 0. The highest BCUT2D eigenvalue weighted by atomic mass is 16.5. The van der Waals surface area contributed by atoms with Crippen LogP contribution >= 0.6 is 0 Å². The second-order valence-corrected chi connectivity index (χ2v) is 7.52. The third-order valence-electron chi connectivity index (χ3n) is 5.97. The molecule has 0 bridgehead atoms. The fourth-order valence-corrected chi connectivity index (χ4v) is 5.02. The number of hydrogen-bond acceptors (Lipinski definition) is 4. The highest BCUT2D eigenvalue weighted by Gasteiger charge is 2.58. The Kier molecular flexibility index (Phi) is 3.19. The molecule has 1 aliphatic heterocycles. The van der Waals surface area contributed by atoms with Crippen LogP contribution in [-0.2, 0) is 19.1 Å². The van der Waals surface area contributed by atoms with Crippen molar-refractivity contribution >= 4 is 11.9 Å². The monoisotopic (exact) mass is 292 g/mol. The standard InChI is InChI=1S/C17H24O4/c1-10(18)21-13-7-8-17(4)12(16(13,2)3)6-5-11-9-20-15(19)14(11)17/h12-13H,5-9H2,1-4H3/t12-,13-,17-/m0/s1. The van der Waals surface area contributed by atoms with Crippen molar-refractivity contribution in [2.75, 3.05) is 6.61 Å². The van der Waals surface area contributed by atoms with E-state index in [0.717, 1.165) is 31.3 Å². The van der Waals surface area contributed by atoms with Gasteiger partial charge in [0.05, 0.1) is 0 Å². The zero-order valence-corrected chi connectivity index (χ0v) is 13.3. The molecule has 0 aromatic rings. The number of carbonyl (C=O) groups excluding carboxylic acids is 2. The van der Waals surface area contributed by atoms with E-state index >= 15 is 0 Å². The highest BCUT2D eigenvalue weighted by Crippen LogP contribution is 2.61. The Morgan fingerprint density at radius 2 is 2.00 bits per heavy atom. The predicted octanol–water partition coefficient (Wildman–Crippen LogP) is 3.01. The largest absolute Gasteiger partial charge is 0.462 e. The molecule has 0 N–H and O–H groups in total. The van der Waals surface area contributed by atoms with E-state index in [1.165, 1.54) is 12.5 Å². The smallest absolute Gasteiger partial charge is 0.334 e. The lowest BCUT2D eigenvalue weighted by atomic mass is 9.49. The number of rotatable bonds is 1. The summed E-state index contributed by atoms with van der Waals surface area (Å²) < 4.78 is 10.8. The molecule has 0 unspecified atom stereocenters. The lowest BCUT2D eigenvalue weighted by Crippen LogP contribution is -2.53. The summed E-state index contributed by atoms with van der Waals surface area (Å²) in [6, 6.07) is 0. The minimum absolute atomic E-state index is 0.0624. The van der Waals surface area contributed by atoms with Crippen LogP contribution in [0.15, 0.2) is 11.1 Å². The van der Waals surface area contributed by atoms with Gasteiger partial charge in [-0.25, -0.2) is 4.79 Å². The van der Waals surface area contributed by atoms with E-state index in [4.69, 9.17) is 9.47 Å². The maximum absolute atomic E-state index is 12.2. The first-order valence-corrected chi connectivity index (χ1v) is 7.83. The maximum Gasteiger partial charge on any atom is 0.334 e. The molecule has 0 saturated heterocycles. The van der Waals surface area contributed by atoms with Gasteiger partial charge in [-0.15, -0.1) is 0 Å². The fourth-order valence-electron chi connectivity index (χ4n) is 5.02. The van der Waals surface area contributed by atoms with Gasteiger partial charge in [0.2, 0.25) is 0 Å². The van der Waals surface area contributed by atoms with E-state index in [0.29, 0.717) is 12.5 Å². The first-order valence-electron chi connectivity index (χ1n) is 7.83. The molecule has 1 heterocycles. The molecule has 4 nitrogen and oxygen atoms in total. The van der Waals surface area contributed by atoms with Crippen LogP contribution < -0.4 is 0 Å². The van der Waals surface area contributed by atoms with Crippen LogP contribution in [0, 0.1) is 16.7 Å².